The molecule has 0 unspecified atom stereocenters. The molecule has 0 radical (unpaired) electrons. The Kier molecular flexibility index (Phi) is 0.359. The maximum atomic E-state index is 2.92. The summed E-state index contributed by atoms with van der Waals surface area (Å²) >= 11 is 0. The SMILES string of the molecule is N1NC1C1NN1. The van der Waals surface area contributed by atoms with E-state index in [-0.39, 0.29) is 0 Å². The van der Waals surface area contributed by atoms with E-state index < -0.39 is 0 Å². The van der Waals surface area contributed by atoms with Gasteiger partial charge in [0.05, 0.1) is 0 Å². The van der Waals surface area contributed by atoms with E-state index in [1.807, 2.05) is 0 Å². The molecule has 0 aromatic heterocycles. The molecule has 2 heterocycles. The molecule has 0 aromatic carbocycles. The third kappa shape index (κ3) is 0.320. The Morgan fingerprint density at radius 3 is 1.17 bits per heavy atom. The molecule has 2 rings (SSSR count). The van der Waals surface area contributed by atoms with Gasteiger partial charge in [-0.3, -0.25) is 0 Å². The zero-order chi connectivity index (χ0) is 3.98. The Hall–Kier alpha value is -0.160. The van der Waals surface area contributed by atoms with Crippen LogP contribution in [0.2, 0.25) is 0 Å². The van der Waals surface area contributed by atoms with E-state index in [1.165, 1.54) is 0 Å². The van der Waals surface area contributed by atoms with Crippen molar-refractivity contribution >= 4 is 0 Å². The van der Waals surface area contributed by atoms with E-state index in [0.717, 1.165) is 0 Å². The summed E-state index contributed by atoms with van der Waals surface area (Å²) in [4.78, 5) is 0. The van der Waals surface area contributed by atoms with Crippen LogP contribution in [0.1, 0.15) is 0 Å². The van der Waals surface area contributed by atoms with Crippen molar-refractivity contribution in [3.05, 3.63) is 0 Å². The van der Waals surface area contributed by atoms with Crippen molar-refractivity contribution in [2.75, 3.05) is 0 Å². The molecular formula is C2H6N4. The molecule has 0 amide bonds. The van der Waals surface area contributed by atoms with Gasteiger partial charge in [-0.05, 0) is 0 Å². The Morgan fingerprint density at radius 2 is 1.00 bits per heavy atom. The van der Waals surface area contributed by atoms with Gasteiger partial charge in [0.1, 0.15) is 12.3 Å². The molecule has 2 aliphatic rings. The van der Waals surface area contributed by atoms with Gasteiger partial charge in [-0.2, -0.15) is 0 Å². The summed E-state index contributed by atoms with van der Waals surface area (Å²) in [5.74, 6) is 0. The highest BCUT2D eigenvalue weighted by atomic mass is 15.7. The van der Waals surface area contributed by atoms with E-state index in [0.29, 0.717) is 12.3 Å². The maximum Gasteiger partial charge on any atom is 0.114 e. The van der Waals surface area contributed by atoms with Crippen LogP contribution in [0.5, 0.6) is 0 Å². The second-order valence-electron chi connectivity index (χ2n) is 1.53. The Balaban J connectivity index is 1.92. The lowest BCUT2D eigenvalue weighted by atomic mass is 10.6. The van der Waals surface area contributed by atoms with Crippen LogP contribution in [0.4, 0.5) is 0 Å². The molecular weight excluding hydrogens is 80.1 g/mol. The van der Waals surface area contributed by atoms with E-state index in [1.54, 1.807) is 0 Å². The van der Waals surface area contributed by atoms with Crippen LogP contribution in [0.3, 0.4) is 0 Å². The van der Waals surface area contributed by atoms with E-state index >= 15 is 0 Å². The van der Waals surface area contributed by atoms with Crippen LogP contribution in [0.25, 0.3) is 0 Å². The van der Waals surface area contributed by atoms with Gasteiger partial charge in [-0.15, -0.1) is 0 Å². The summed E-state index contributed by atoms with van der Waals surface area (Å²) in [5.41, 5.74) is 11.7. The van der Waals surface area contributed by atoms with Gasteiger partial charge in [-0.1, -0.05) is 0 Å². The predicted molar refractivity (Wildman–Crippen MR) is 20.1 cm³/mol. The van der Waals surface area contributed by atoms with Crippen LogP contribution in [0, 0.1) is 0 Å². The van der Waals surface area contributed by atoms with Gasteiger partial charge in [0.2, 0.25) is 0 Å². The molecule has 0 aliphatic carbocycles. The summed E-state index contributed by atoms with van der Waals surface area (Å²) < 4.78 is 0. The Morgan fingerprint density at radius 1 is 0.667 bits per heavy atom. The predicted octanol–water partition coefficient (Wildman–Crippen LogP) is -2.15. The highest BCUT2D eigenvalue weighted by molar-refractivity contribution is 4.90. The summed E-state index contributed by atoms with van der Waals surface area (Å²) in [5, 5.41) is 0. The van der Waals surface area contributed by atoms with Gasteiger partial charge in [0, 0.05) is 0 Å². The highest BCUT2D eigenvalue weighted by Gasteiger charge is 2.37. The van der Waals surface area contributed by atoms with E-state index in [9.17, 15) is 0 Å². The van der Waals surface area contributed by atoms with Crippen molar-refractivity contribution in [3.63, 3.8) is 0 Å². The average molecular weight is 86.1 g/mol. The fourth-order valence-corrected chi connectivity index (χ4v) is 0.430. The van der Waals surface area contributed by atoms with E-state index in [4.69, 9.17) is 0 Å². The van der Waals surface area contributed by atoms with Crippen molar-refractivity contribution in [3.8, 4) is 0 Å². The topological polar surface area (TPSA) is 87.8 Å². The standard InChI is InChI=1S/C2H6N4/c3-1(4-3)2-5-6-2/h1-6H. The summed E-state index contributed by atoms with van der Waals surface area (Å²) in [6, 6.07) is 0. The number of hydrogen-bond acceptors (Lipinski definition) is 4. The zero-order valence-electron chi connectivity index (χ0n) is 3.15. The van der Waals surface area contributed by atoms with Gasteiger partial charge in [0.15, 0.2) is 0 Å². The van der Waals surface area contributed by atoms with Gasteiger partial charge < -0.3 is 0 Å². The molecule has 34 valence electrons. The molecule has 6 heavy (non-hydrogen) atoms. The lowest BCUT2D eigenvalue weighted by Crippen LogP contribution is -2.06. The first-order valence-electron chi connectivity index (χ1n) is 1.99. The van der Waals surface area contributed by atoms with Crippen molar-refractivity contribution in [2.45, 2.75) is 12.3 Å². The Bertz CT molecular complexity index is 53.9. The fraction of sp³-hybridized carbons (Fsp3) is 1.00. The molecule has 2 saturated heterocycles. The average Bonchev–Trinajstić information content (AvgIpc) is 2.26. The number of hydrogen-bond donors (Lipinski definition) is 4. The minimum absolute atomic E-state index is 0.491. The molecule has 0 atom stereocenters. The van der Waals surface area contributed by atoms with E-state index in [2.05, 4.69) is 21.7 Å². The summed E-state index contributed by atoms with van der Waals surface area (Å²) in [6.45, 7) is 0. The first-order valence-corrected chi connectivity index (χ1v) is 1.99. The van der Waals surface area contributed by atoms with Crippen molar-refractivity contribution in [2.24, 2.45) is 0 Å². The summed E-state index contributed by atoms with van der Waals surface area (Å²) in [6.07, 6.45) is 0.981. The largest absolute Gasteiger partial charge is 0.235 e. The first kappa shape index (κ1) is 2.92. The van der Waals surface area contributed by atoms with Gasteiger partial charge in [0.25, 0.3) is 0 Å². The highest BCUT2D eigenvalue weighted by Crippen LogP contribution is 1.98. The number of rotatable bonds is 1. The molecule has 0 saturated carbocycles. The molecule has 2 aliphatic heterocycles. The molecule has 0 bridgehead atoms. The van der Waals surface area contributed by atoms with Crippen molar-refractivity contribution in [1.82, 2.24) is 21.7 Å². The quantitative estimate of drug-likeness (QED) is 0.274. The smallest absolute Gasteiger partial charge is 0.114 e. The van der Waals surface area contributed by atoms with Crippen LogP contribution in [0.15, 0.2) is 0 Å². The second kappa shape index (κ2) is 0.737. The zero-order valence-corrected chi connectivity index (χ0v) is 3.15. The minimum Gasteiger partial charge on any atom is -0.235 e. The molecule has 0 aromatic rings. The number of hydrazine groups is 2. The van der Waals surface area contributed by atoms with Crippen molar-refractivity contribution in [1.29, 1.82) is 0 Å². The lowest BCUT2D eigenvalue weighted by Gasteiger charge is -1.70. The third-order valence-corrected chi connectivity index (χ3v) is 0.955. The number of nitrogens with one attached hydrogen (secondary N) is 4. The van der Waals surface area contributed by atoms with Crippen LogP contribution in [-0.4, -0.2) is 12.3 Å². The Labute approximate surface area is 35.2 Å². The molecule has 4 nitrogen and oxygen atoms in total. The molecule has 4 N–H and O–H groups in total. The fourth-order valence-electron chi connectivity index (χ4n) is 0.430. The minimum atomic E-state index is 0.491. The lowest BCUT2D eigenvalue weighted by molar-refractivity contribution is 0.865. The second-order valence-corrected chi connectivity index (χ2v) is 1.53. The maximum absolute atomic E-state index is 2.92. The first-order chi connectivity index (χ1) is 2.97. The third-order valence-electron chi connectivity index (χ3n) is 0.955. The summed E-state index contributed by atoms with van der Waals surface area (Å²) in [7, 11) is 0. The van der Waals surface area contributed by atoms with Gasteiger partial charge in [-0.25, -0.2) is 21.7 Å². The van der Waals surface area contributed by atoms with Crippen LogP contribution < -0.4 is 21.7 Å². The van der Waals surface area contributed by atoms with Crippen LogP contribution >= 0.6 is 0 Å². The van der Waals surface area contributed by atoms with Crippen LogP contribution in [-0.2, 0) is 0 Å². The molecule has 4 heteroatoms. The van der Waals surface area contributed by atoms with Crippen molar-refractivity contribution < 1.29 is 0 Å². The normalized spacial score (nSPS) is 34.0. The molecule has 0 spiro atoms. The molecule has 2 fully saturated rings. The monoisotopic (exact) mass is 86.1 g/mol. The van der Waals surface area contributed by atoms with Gasteiger partial charge >= 0.3 is 0 Å².